The van der Waals surface area contributed by atoms with Crippen molar-refractivity contribution in [1.82, 2.24) is 9.96 Å². The minimum Gasteiger partial charge on any atom is -0.314 e. The molecular formula is C9H20N2O. The highest BCUT2D eigenvalue weighted by Gasteiger charge is 2.46. The molecule has 0 amide bonds. The largest absolute Gasteiger partial charge is 0.314 e. The lowest BCUT2D eigenvalue weighted by atomic mass is 9.81. The van der Waals surface area contributed by atoms with Gasteiger partial charge in [0, 0.05) is 25.0 Å². The van der Waals surface area contributed by atoms with Crippen molar-refractivity contribution in [2.24, 2.45) is 5.41 Å². The van der Waals surface area contributed by atoms with Crippen molar-refractivity contribution in [3.63, 3.8) is 0 Å². The average molecular weight is 172 g/mol. The fourth-order valence-electron chi connectivity index (χ4n) is 2.14. The van der Waals surface area contributed by atoms with Crippen LogP contribution in [0.3, 0.4) is 0 Å². The molecule has 0 aromatic heterocycles. The summed E-state index contributed by atoms with van der Waals surface area (Å²) in [7, 11) is 2.15. The number of likely N-dealkylation sites (tertiary alicyclic amines) is 1. The van der Waals surface area contributed by atoms with E-state index in [0.717, 1.165) is 13.1 Å². The first-order chi connectivity index (χ1) is 5.70. The van der Waals surface area contributed by atoms with Crippen molar-refractivity contribution in [3.05, 3.63) is 0 Å². The summed E-state index contributed by atoms with van der Waals surface area (Å²) in [4.78, 5) is 2.34. The van der Waals surface area contributed by atoms with Crippen molar-refractivity contribution in [1.29, 1.82) is 0 Å². The van der Waals surface area contributed by atoms with E-state index in [4.69, 9.17) is 5.21 Å². The summed E-state index contributed by atoms with van der Waals surface area (Å²) in [5.41, 5.74) is 0.462. The second-order valence-corrected chi connectivity index (χ2v) is 3.81. The van der Waals surface area contributed by atoms with Gasteiger partial charge in [0.15, 0.2) is 0 Å². The lowest BCUT2D eigenvalue weighted by Crippen LogP contribution is -2.55. The van der Waals surface area contributed by atoms with Crippen LogP contribution in [0.2, 0.25) is 0 Å². The van der Waals surface area contributed by atoms with E-state index < -0.39 is 0 Å². The van der Waals surface area contributed by atoms with Gasteiger partial charge in [-0.05, 0) is 20.0 Å². The van der Waals surface area contributed by atoms with Gasteiger partial charge < -0.3 is 10.1 Å². The van der Waals surface area contributed by atoms with E-state index in [1.807, 2.05) is 13.8 Å². The molecule has 3 heteroatoms. The first-order valence-electron chi connectivity index (χ1n) is 4.83. The molecule has 2 aliphatic rings. The fraction of sp³-hybridized carbons (Fsp3) is 1.00. The fourth-order valence-corrected chi connectivity index (χ4v) is 2.14. The van der Waals surface area contributed by atoms with Crippen LogP contribution in [0.25, 0.3) is 0 Å². The van der Waals surface area contributed by atoms with E-state index in [0.29, 0.717) is 5.41 Å². The molecule has 2 aliphatic heterocycles. The maximum absolute atomic E-state index is 8.97. The smallest absolute Gasteiger partial charge is 0.0320 e. The molecule has 12 heavy (non-hydrogen) atoms. The predicted octanol–water partition coefficient (Wildman–Crippen LogP) is 1.04. The monoisotopic (exact) mass is 172 g/mol. The average Bonchev–Trinajstić information content (AvgIpc) is 2.36. The lowest BCUT2D eigenvalue weighted by molar-refractivity contribution is -0.203. The van der Waals surface area contributed by atoms with Crippen LogP contribution in [0.4, 0.5) is 0 Å². The third kappa shape index (κ3) is 1.79. The Morgan fingerprint density at radius 3 is 2.08 bits per heavy atom. The first kappa shape index (κ1) is 9.96. The van der Waals surface area contributed by atoms with Crippen molar-refractivity contribution >= 4 is 0 Å². The van der Waals surface area contributed by atoms with Gasteiger partial charge in [0.25, 0.3) is 0 Å². The second-order valence-electron chi connectivity index (χ2n) is 3.81. The van der Waals surface area contributed by atoms with Crippen LogP contribution in [-0.4, -0.2) is 48.4 Å². The van der Waals surface area contributed by atoms with Gasteiger partial charge in [0.2, 0.25) is 0 Å². The van der Waals surface area contributed by atoms with E-state index in [2.05, 4.69) is 11.9 Å². The van der Waals surface area contributed by atoms with Gasteiger partial charge in [-0.3, -0.25) is 0 Å². The maximum atomic E-state index is 8.97. The lowest BCUT2D eigenvalue weighted by Gasteiger charge is -2.44. The topological polar surface area (TPSA) is 26.7 Å². The van der Waals surface area contributed by atoms with Gasteiger partial charge in [-0.1, -0.05) is 13.8 Å². The van der Waals surface area contributed by atoms with Crippen molar-refractivity contribution in [2.75, 3.05) is 33.2 Å². The first-order valence-corrected chi connectivity index (χ1v) is 4.83. The van der Waals surface area contributed by atoms with Gasteiger partial charge in [0.05, 0.1) is 0 Å². The van der Waals surface area contributed by atoms with Gasteiger partial charge >= 0.3 is 0 Å². The minimum atomic E-state index is 0.462. The predicted molar refractivity (Wildman–Crippen MR) is 49.3 cm³/mol. The summed E-state index contributed by atoms with van der Waals surface area (Å²) in [6, 6.07) is 0. The molecule has 0 bridgehead atoms. The minimum absolute atomic E-state index is 0.462. The molecule has 3 nitrogen and oxygen atoms in total. The molecule has 0 radical (unpaired) electrons. The van der Waals surface area contributed by atoms with Gasteiger partial charge in [-0.15, -0.1) is 0 Å². The normalized spacial score (nSPS) is 28.0. The van der Waals surface area contributed by atoms with E-state index in [1.54, 1.807) is 0 Å². The van der Waals surface area contributed by atoms with Gasteiger partial charge in [-0.2, -0.15) is 5.06 Å². The van der Waals surface area contributed by atoms with Crippen LogP contribution in [0.1, 0.15) is 20.3 Å². The Morgan fingerprint density at radius 2 is 1.75 bits per heavy atom. The molecule has 0 aliphatic carbocycles. The van der Waals surface area contributed by atoms with Crippen molar-refractivity contribution < 1.29 is 5.21 Å². The van der Waals surface area contributed by atoms with Crippen LogP contribution in [0.15, 0.2) is 0 Å². The number of hydroxylamine groups is 2. The Hall–Kier alpha value is -0.120. The van der Waals surface area contributed by atoms with Crippen LogP contribution < -0.4 is 0 Å². The Balaban J connectivity index is 0.000000336. The standard InChI is InChI=1S/C7H14N2O.C2H6/c1-8-3-2-7(4-8)5-9(10)6-7;1-2/h10H,2-6H2,1H3;1-2H3. The summed E-state index contributed by atoms with van der Waals surface area (Å²) in [5, 5.41) is 10.4. The zero-order valence-corrected chi connectivity index (χ0v) is 8.38. The van der Waals surface area contributed by atoms with Crippen LogP contribution in [0, 0.1) is 5.41 Å². The number of rotatable bonds is 0. The van der Waals surface area contributed by atoms with Gasteiger partial charge in [-0.25, -0.2) is 0 Å². The van der Waals surface area contributed by atoms with Crippen molar-refractivity contribution in [2.45, 2.75) is 20.3 Å². The van der Waals surface area contributed by atoms with E-state index in [-0.39, 0.29) is 0 Å². The Bertz CT molecular complexity index is 138. The molecule has 1 spiro atoms. The van der Waals surface area contributed by atoms with Gasteiger partial charge in [0.1, 0.15) is 0 Å². The summed E-state index contributed by atoms with van der Waals surface area (Å²) in [6.45, 7) is 8.15. The molecule has 1 N–H and O–H groups in total. The van der Waals surface area contributed by atoms with Crippen molar-refractivity contribution in [3.8, 4) is 0 Å². The summed E-state index contributed by atoms with van der Waals surface area (Å²) >= 11 is 0. The van der Waals surface area contributed by atoms with Crippen LogP contribution >= 0.6 is 0 Å². The zero-order chi connectivity index (χ0) is 9.19. The molecule has 2 heterocycles. The molecule has 2 fully saturated rings. The van der Waals surface area contributed by atoms with E-state index in [1.165, 1.54) is 24.6 Å². The highest BCUT2D eigenvalue weighted by Crippen LogP contribution is 2.37. The molecule has 2 saturated heterocycles. The SMILES string of the molecule is CC.CN1CCC2(C1)CN(O)C2. The highest BCUT2D eigenvalue weighted by atomic mass is 16.5. The third-order valence-electron chi connectivity index (χ3n) is 2.67. The Kier molecular flexibility index (Phi) is 3.09. The molecule has 0 aromatic carbocycles. The van der Waals surface area contributed by atoms with Crippen LogP contribution in [0.5, 0.6) is 0 Å². The molecule has 0 saturated carbocycles. The molecule has 2 rings (SSSR count). The number of nitrogens with zero attached hydrogens (tertiary/aromatic N) is 2. The molecule has 0 aromatic rings. The highest BCUT2D eigenvalue weighted by molar-refractivity contribution is 4.97. The third-order valence-corrected chi connectivity index (χ3v) is 2.67. The number of hydrogen-bond donors (Lipinski definition) is 1. The molecule has 0 unspecified atom stereocenters. The van der Waals surface area contributed by atoms with E-state index in [9.17, 15) is 0 Å². The molecular weight excluding hydrogens is 152 g/mol. The quantitative estimate of drug-likeness (QED) is 0.591. The summed E-state index contributed by atoms with van der Waals surface area (Å²) in [6.07, 6.45) is 1.26. The van der Waals surface area contributed by atoms with E-state index >= 15 is 0 Å². The Morgan fingerprint density at radius 1 is 1.17 bits per heavy atom. The number of hydrogen-bond acceptors (Lipinski definition) is 3. The maximum Gasteiger partial charge on any atom is 0.0320 e. The Labute approximate surface area is 74.9 Å². The summed E-state index contributed by atoms with van der Waals surface area (Å²) < 4.78 is 0. The summed E-state index contributed by atoms with van der Waals surface area (Å²) in [5.74, 6) is 0. The second kappa shape index (κ2) is 3.73. The zero-order valence-electron chi connectivity index (χ0n) is 8.38. The molecule has 72 valence electrons. The molecule has 0 atom stereocenters. The van der Waals surface area contributed by atoms with Crippen LogP contribution in [-0.2, 0) is 0 Å².